The van der Waals surface area contributed by atoms with Crippen LogP contribution in [0.4, 0.5) is 27.5 Å². The second-order valence-electron chi connectivity index (χ2n) is 8.28. The van der Waals surface area contributed by atoms with Crippen LogP contribution < -0.4 is 10.2 Å². The zero-order valence-corrected chi connectivity index (χ0v) is 20.4. The topological polar surface area (TPSA) is 108 Å². The first-order valence-electron chi connectivity index (χ1n) is 11.6. The minimum Gasteiger partial charge on any atom is -0.508 e. The number of morpholine rings is 1. The average Bonchev–Trinajstić information content (AvgIpc) is 2.91. The predicted molar refractivity (Wildman–Crippen MR) is 139 cm³/mol. The van der Waals surface area contributed by atoms with Crippen LogP contribution in [0.15, 0.2) is 77.2 Å². The van der Waals surface area contributed by atoms with Gasteiger partial charge in [-0.25, -0.2) is 9.37 Å². The SMILES string of the molecule is Oc1cccc(-c2cc(Cl)cc(Nc3ccc(CN=Nc4ncc(F)c(N5CCOCC5)n4)nc3)c2)c1. The van der Waals surface area contributed by atoms with E-state index in [1.807, 2.05) is 36.4 Å². The van der Waals surface area contributed by atoms with Crippen LogP contribution in [0.2, 0.25) is 5.02 Å². The summed E-state index contributed by atoms with van der Waals surface area (Å²) in [7, 11) is 0. The summed E-state index contributed by atoms with van der Waals surface area (Å²) >= 11 is 6.32. The van der Waals surface area contributed by atoms with Crippen LogP contribution in [0.3, 0.4) is 0 Å². The van der Waals surface area contributed by atoms with E-state index in [0.29, 0.717) is 37.0 Å². The highest BCUT2D eigenvalue weighted by Gasteiger charge is 2.17. The molecule has 0 bridgehead atoms. The van der Waals surface area contributed by atoms with Gasteiger partial charge in [0.1, 0.15) is 12.3 Å². The zero-order valence-electron chi connectivity index (χ0n) is 19.7. The standard InChI is InChI=1S/C26H23ClFN7O2/c27-19-10-18(17-2-1-3-23(36)12-17)11-22(13-19)32-21-5-4-20(29-14-21)15-31-34-26-30-16-24(28)25(33-26)35-6-8-37-9-7-35/h1-5,10-14,16,32,36H,6-9,15H2. The van der Waals surface area contributed by atoms with Crippen molar-refractivity contribution in [2.75, 3.05) is 36.5 Å². The lowest BCUT2D eigenvalue weighted by Gasteiger charge is -2.27. The highest BCUT2D eigenvalue weighted by atomic mass is 35.5. The van der Waals surface area contributed by atoms with Crippen molar-refractivity contribution in [2.24, 2.45) is 10.2 Å². The Balaban J connectivity index is 1.23. The van der Waals surface area contributed by atoms with Crippen molar-refractivity contribution in [3.63, 3.8) is 0 Å². The van der Waals surface area contributed by atoms with Crippen molar-refractivity contribution in [1.82, 2.24) is 15.0 Å². The van der Waals surface area contributed by atoms with Crippen LogP contribution in [0.5, 0.6) is 5.75 Å². The first kappa shape index (κ1) is 24.5. The van der Waals surface area contributed by atoms with E-state index in [1.54, 1.807) is 29.3 Å². The van der Waals surface area contributed by atoms with E-state index >= 15 is 0 Å². The molecule has 0 saturated carbocycles. The van der Waals surface area contributed by atoms with Gasteiger partial charge in [0.05, 0.1) is 37.0 Å². The summed E-state index contributed by atoms with van der Waals surface area (Å²) in [6, 6.07) is 16.3. The Morgan fingerprint density at radius 3 is 2.65 bits per heavy atom. The van der Waals surface area contributed by atoms with Crippen molar-refractivity contribution in [1.29, 1.82) is 0 Å². The number of nitrogens with zero attached hydrogens (tertiary/aromatic N) is 6. The third-order valence-corrected chi connectivity index (χ3v) is 5.83. The lowest BCUT2D eigenvalue weighted by atomic mass is 10.0. The Labute approximate surface area is 217 Å². The molecule has 11 heteroatoms. The van der Waals surface area contributed by atoms with Gasteiger partial charge >= 0.3 is 0 Å². The molecule has 1 saturated heterocycles. The maximum absolute atomic E-state index is 14.2. The van der Waals surface area contributed by atoms with Gasteiger partial charge in [-0.2, -0.15) is 10.1 Å². The number of phenolic OH excluding ortho intramolecular Hbond substituents is 1. The number of azo groups is 1. The highest BCUT2D eigenvalue weighted by molar-refractivity contribution is 6.31. The number of aromatic nitrogens is 3. The summed E-state index contributed by atoms with van der Waals surface area (Å²) in [5.41, 5.74) is 3.96. The molecule has 2 aromatic heterocycles. The van der Waals surface area contributed by atoms with Gasteiger partial charge in [-0.1, -0.05) is 23.7 Å². The lowest BCUT2D eigenvalue weighted by molar-refractivity contribution is 0.122. The number of pyridine rings is 1. The summed E-state index contributed by atoms with van der Waals surface area (Å²) in [6.45, 7) is 2.37. The number of aromatic hydroxyl groups is 1. The average molecular weight is 520 g/mol. The van der Waals surface area contributed by atoms with Crippen molar-refractivity contribution in [2.45, 2.75) is 6.54 Å². The molecule has 3 heterocycles. The van der Waals surface area contributed by atoms with Crippen LogP contribution in [0.1, 0.15) is 5.69 Å². The molecule has 0 amide bonds. The van der Waals surface area contributed by atoms with E-state index in [9.17, 15) is 9.50 Å². The summed E-state index contributed by atoms with van der Waals surface area (Å²) in [5.74, 6) is -0.0227. The van der Waals surface area contributed by atoms with Crippen molar-refractivity contribution >= 4 is 34.7 Å². The number of halogens is 2. The molecule has 5 rings (SSSR count). The van der Waals surface area contributed by atoms with Gasteiger partial charge in [0.2, 0.25) is 0 Å². The molecule has 0 unspecified atom stereocenters. The van der Waals surface area contributed by atoms with E-state index in [2.05, 4.69) is 30.5 Å². The largest absolute Gasteiger partial charge is 0.508 e. The molecule has 0 radical (unpaired) electrons. The molecule has 4 aromatic rings. The molecular weight excluding hydrogens is 497 g/mol. The smallest absolute Gasteiger partial charge is 0.270 e. The number of nitrogens with one attached hydrogen (secondary N) is 1. The van der Waals surface area contributed by atoms with Gasteiger partial charge in [0.25, 0.3) is 5.95 Å². The lowest BCUT2D eigenvalue weighted by Crippen LogP contribution is -2.37. The van der Waals surface area contributed by atoms with Crippen molar-refractivity contribution < 1.29 is 14.2 Å². The van der Waals surface area contributed by atoms with Gasteiger partial charge in [-0.3, -0.25) is 4.98 Å². The number of ether oxygens (including phenoxy) is 1. The molecule has 37 heavy (non-hydrogen) atoms. The number of phenols is 1. The van der Waals surface area contributed by atoms with Crippen LogP contribution in [-0.4, -0.2) is 46.4 Å². The first-order chi connectivity index (χ1) is 18.0. The van der Waals surface area contributed by atoms with E-state index in [0.717, 1.165) is 28.7 Å². The van der Waals surface area contributed by atoms with Gasteiger partial charge < -0.3 is 20.1 Å². The molecule has 9 nitrogen and oxygen atoms in total. The number of hydrogen-bond acceptors (Lipinski definition) is 9. The number of benzene rings is 2. The van der Waals surface area contributed by atoms with Crippen LogP contribution >= 0.6 is 11.6 Å². The molecule has 0 aliphatic carbocycles. The van der Waals surface area contributed by atoms with E-state index in [1.165, 1.54) is 0 Å². The fourth-order valence-electron chi connectivity index (χ4n) is 3.84. The molecule has 2 aromatic carbocycles. The third-order valence-electron chi connectivity index (χ3n) is 5.61. The van der Waals surface area contributed by atoms with Gasteiger partial charge in [0, 0.05) is 23.8 Å². The fourth-order valence-corrected chi connectivity index (χ4v) is 4.07. The quantitative estimate of drug-likeness (QED) is 0.292. The molecule has 0 atom stereocenters. The Kier molecular flexibility index (Phi) is 7.48. The molecule has 1 aliphatic heterocycles. The Morgan fingerprint density at radius 2 is 1.86 bits per heavy atom. The van der Waals surface area contributed by atoms with E-state index < -0.39 is 5.82 Å². The summed E-state index contributed by atoms with van der Waals surface area (Å²) in [5, 5.41) is 21.8. The third kappa shape index (κ3) is 6.35. The Bertz CT molecular complexity index is 1410. The predicted octanol–water partition coefficient (Wildman–Crippen LogP) is 5.90. The molecular formula is C26H23ClFN7O2. The second kappa shape index (κ2) is 11.3. The van der Waals surface area contributed by atoms with Gasteiger partial charge in [-0.15, -0.1) is 5.11 Å². The first-order valence-corrected chi connectivity index (χ1v) is 12.0. The Hall–Kier alpha value is -4.15. The highest BCUT2D eigenvalue weighted by Crippen LogP contribution is 2.30. The molecule has 1 aliphatic rings. The molecule has 0 spiro atoms. The molecule has 188 valence electrons. The normalized spacial score (nSPS) is 13.7. The minimum atomic E-state index is -0.501. The maximum Gasteiger partial charge on any atom is 0.270 e. The summed E-state index contributed by atoms with van der Waals surface area (Å²) in [6.07, 6.45) is 2.79. The Morgan fingerprint density at radius 1 is 1.00 bits per heavy atom. The van der Waals surface area contributed by atoms with Crippen molar-refractivity contribution in [3.8, 4) is 16.9 Å². The molecule has 1 fully saturated rings. The van der Waals surface area contributed by atoms with Crippen molar-refractivity contribution in [3.05, 3.63) is 83.5 Å². The van der Waals surface area contributed by atoms with Crippen LogP contribution in [-0.2, 0) is 11.3 Å². The van der Waals surface area contributed by atoms with Crippen LogP contribution in [0.25, 0.3) is 11.1 Å². The zero-order chi connectivity index (χ0) is 25.6. The van der Waals surface area contributed by atoms with E-state index in [4.69, 9.17) is 16.3 Å². The van der Waals surface area contributed by atoms with Crippen LogP contribution in [0, 0.1) is 5.82 Å². The minimum absolute atomic E-state index is 0.0877. The monoisotopic (exact) mass is 519 g/mol. The van der Waals surface area contributed by atoms with Gasteiger partial charge in [0.15, 0.2) is 11.6 Å². The number of hydrogen-bond donors (Lipinski definition) is 2. The number of rotatable bonds is 7. The summed E-state index contributed by atoms with van der Waals surface area (Å²) < 4.78 is 19.5. The second-order valence-corrected chi connectivity index (χ2v) is 8.72. The number of anilines is 3. The van der Waals surface area contributed by atoms with E-state index in [-0.39, 0.29) is 24.1 Å². The fraction of sp³-hybridized carbons (Fsp3) is 0.192. The molecule has 2 N–H and O–H groups in total. The maximum atomic E-state index is 14.2. The summed E-state index contributed by atoms with van der Waals surface area (Å²) in [4.78, 5) is 14.3. The van der Waals surface area contributed by atoms with Gasteiger partial charge in [-0.05, 0) is 53.6 Å².